The fourth-order valence-corrected chi connectivity index (χ4v) is 1.48. The molecule has 0 saturated heterocycles. The molecule has 0 saturated carbocycles. The third-order valence-electron chi connectivity index (χ3n) is 2.33. The Morgan fingerprint density at radius 1 is 1.37 bits per heavy atom. The SMILES string of the molecule is C=CCNC(=O)CN(C(C)=O)c1c(F)cccc1F. The predicted molar refractivity (Wildman–Crippen MR) is 67.6 cm³/mol. The molecule has 2 amide bonds. The lowest BCUT2D eigenvalue weighted by atomic mass is 10.2. The molecule has 0 aromatic heterocycles. The van der Waals surface area contributed by atoms with Crippen LogP contribution in [0.1, 0.15) is 6.92 Å². The van der Waals surface area contributed by atoms with E-state index in [2.05, 4.69) is 11.9 Å². The number of hydrogen-bond acceptors (Lipinski definition) is 2. The van der Waals surface area contributed by atoms with Crippen molar-refractivity contribution in [2.75, 3.05) is 18.0 Å². The van der Waals surface area contributed by atoms with Gasteiger partial charge in [0.15, 0.2) is 0 Å². The number of halogens is 2. The molecule has 0 fully saturated rings. The number of hydrogen-bond donors (Lipinski definition) is 1. The number of carbonyl (C=O) groups is 2. The van der Waals surface area contributed by atoms with E-state index in [0.717, 1.165) is 24.0 Å². The van der Waals surface area contributed by atoms with E-state index >= 15 is 0 Å². The van der Waals surface area contributed by atoms with Gasteiger partial charge in [0.05, 0.1) is 0 Å². The lowest BCUT2D eigenvalue weighted by Crippen LogP contribution is -2.40. The maximum atomic E-state index is 13.6. The first kappa shape index (κ1) is 14.8. The Morgan fingerprint density at radius 2 is 1.95 bits per heavy atom. The second-order valence-corrected chi connectivity index (χ2v) is 3.77. The number of amides is 2. The maximum Gasteiger partial charge on any atom is 0.240 e. The van der Waals surface area contributed by atoms with Crippen LogP contribution in [0.2, 0.25) is 0 Å². The van der Waals surface area contributed by atoms with Crippen LogP contribution in [0.15, 0.2) is 30.9 Å². The molecule has 19 heavy (non-hydrogen) atoms. The van der Waals surface area contributed by atoms with Crippen molar-refractivity contribution in [2.24, 2.45) is 0 Å². The molecule has 0 atom stereocenters. The second-order valence-electron chi connectivity index (χ2n) is 3.77. The molecule has 0 radical (unpaired) electrons. The fraction of sp³-hybridized carbons (Fsp3) is 0.231. The Balaban J connectivity index is 2.98. The van der Waals surface area contributed by atoms with Crippen LogP contribution >= 0.6 is 0 Å². The molecule has 1 rings (SSSR count). The van der Waals surface area contributed by atoms with Gasteiger partial charge in [0, 0.05) is 13.5 Å². The largest absolute Gasteiger partial charge is 0.351 e. The monoisotopic (exact) mass is 268 g/mol. The van der Waals surface area contributed by atoms with Crippen LogP contribution in [0.4, 0.5) is 14.5 Å². The average Bonchev–Trinajstić information content (AvgIpc) is 2.34. The molecule has 1 N–H and O–H groups in total. The van der Waals surface area contributed by atoms with Crippen LogP contribution in [-0.4, -0.2) is 24.9 Å². The Kier molecular flexibility index (Phi) is 5.17. The van der Waals surface area contributed by atoms with Crippen LogP contribution in [-0.2, 0) is 9.59 Å². The average molecular weight is 268 g/mol. The van der Waals surface area contributed by atoms with Crippen molar-refractivity contribution < 1.29 is 18.4 Å². The number of para-hydroxylation sites is 1. The van der Waals surface area contributed by atoms with Gasteiger partial charge in [-0.2, -0.15) is 0 Å². The van der Waals surface area contributed by atoms with E-state index < -0.39 is 35.7 Å². The highest BCUT2D eigenvalue weighted by atomic mass is 19.1. The van der Waals surface area contributed by atoms with E-state index in [-0.39, 0.29) is 6.54 Å². The molecule has 0 aliphatic carbocycles. The lowest BCUT2D eigenvalue weighted by molar-refractivity contribution is -0.122. The van der Waals surface area contributed by atoms with E-state index in [1.54, 1.807) is 0 Å². The first-order chi connectivity index (χ1) is 8.97. The van der Waals surface area contributed by atoms with Gasteiger partial charge in [0.25, 0.3) is 0 Å². The second kappa shape index (κ2) is 6.63. The third-order valence-corrected chi connectivity index (χ3v) is 2.33. The van der Waals surface area contributed by atoms with Crippen molar-refractivity contribution in [1.29, 1.82) is 0 Å². The molecule has 0 unspecified atom stereocenters. The number of nitrogens with zero attached hydrogens (tertiary/aromatic N) is 1. The Labute approximate surface area is 109 Å². The molecular weight excluding hydrogens is 254 g/mol. The van der Waals surface area contributed by atoms with Gasteiger partial charge in [0.2, 0.25) is 11.8 Å². The summed E-state index contributed by atoms with van der Waals surface area (Å²) in [5.74, 6) is -2.95. The minimum atomic E-state index is -0.897. The van der Waals surface area contributed by atoms with Crippen molar-refractivity contribution >= 4 is 17.5 Å². The van der Waals surface area contributed by atoms with Gasteiger partial charge < -0.3 is 5.32 Å². The van der Waals surface area contributed by atoms with Crippen molar-refractivity contribution in [2.45, 2.75) is 6.92 Å². The number of benzene rings is 1. The summed E-state index contributed by atoms with van der Waals surface area (Å²) in [6.07, 6.45) is 1.46. The number of anilines is 1. The summed E-state index contributed by atoms with van der Waals surface area (Å²) in [7, 11) is 0. The summed E-state index contributed by atoms with van der Waals surface area (Å²) in [4.78, 5) is 23.7. The molecule has 0 aliphatic rings. The number of nitrogens with one attached hydrogen (secondary N) is 1. The van der Waals surface area contributed by atoms with Gasteiger partial charge in [-0.3, -0.25) is 14.5 Å². The standard InChI is InChI=1S/C13H14F2N2O2/c1-3-7-16-12(19)8-17(9(2)18)13-10(14)5-4-6-11(13)15/h3-6H,1,7-8H2,2H3,(H,16,19). The Hall–Kier alpha value is -2.24. The molecule has 102 valence electrons. The zero-order valence-corrected chi connectivity index (χ0v) is 10.5. The summed E-state index contributed by atoms with van der Waals surface area (Å²) in [5, 5.41) is 2.43. The smallest absolute Gasteiger partial charge is 0.240 e. The van der Waals surface area contributed by atoms with E-state index in [1.165, 1.54) is 12.1 Å². The molecule has 6 heteroatoms. The number of carbonyl (C=O) groups excluding carboxylic acids is 2. The minimum Gasteiger partial charge on any atom is -0.351 e. The van der Waals surface area contributed by atoms with Gasteiger partial charge in [-0.15, -0.1) is 6.58 Å². The van der Waals surface area contributed by atoms with Crippen LogP contribution < -0.4 is 10.2 Å². The molecule has 0 spiro atoms. The maximum absolute atomic E-state index is 13.6. The van der Waals surface area contributed by atoms with Crippen molar-refractivity contribution in [1.82, 2.24) is 5.32 Å². The molecule has 0 heterocycles. The van der Waals surface area contributed by atoms with Crippen LogP contribution in [0, 0.1) is 11.6 Å². The topological polar surface area (TPSA) is 49.4 Å². The van der Waals surface area contributed by atoms with Crippen LogP contribution in [0.3, 0.4) is 0 Å². The Bertz CT molecular complexity index is 483. The van der Waals surface area contributed by atoms with E-state index in [9.17, 15) is 18.4 Å². The quantitative estimate of drug-likeness (QED) is 0.825. The van der Waals surface area contributed by atoms with E-state index in [4.69, 9.17) is 0 Å². The van der Waals surface area contributed by atoms with Crippen molar-refractivity contribution in [3.63, 3.8) is 0 Å². The Morgan fingerprint density at radius 3 is 2.42 bits per heavy atom. The van der Waals surface area contributed by atoms with Crippen molar-refractivity contribution in [3.05, 3.63) is 42.5 Å². The fourth-order valence-electron chi connectivity index (χ4n) is 1.48. The molecular formula is C13H14F2N2O2. The van der Waals surface area contributed by atoms with Gasteiger partial charge in [-0.25, -0.2) is 8.78 Å². The van der Waals surface area contributed by atoms with Gasteiger partial charge in [-0.1, -0.05) is 12.1 Å². The van der Waals surface area contributed by atoms with Gasteiger partial charge in [0.1, 0.15) is 23.9 Å². The lowest BCUT2D eigenvalue weighted by Gasteiger charge is -2.21. The van der Waals surface area contributed by atoms with Crippen LogP contribution in [0.25, 0.3) is 0 Å². The minimum absolute atomic E-state index is 0.213. The molecule has 4 nitrogen and oxygen atoms in total. The van der Waals surface area contributed by atoms with E-state index in [1.807, 2.05) is 0 Å². The number of rotatable bonds is 5. The third kappa shape index (κ3) is 3.87. The van der Waals surface area contributed by atoms with E-state index in [0.29, 0.717) is 0 Å². The highest BCUT2D eigenvalue weighted by molar-refractivity contribution is 5.97. The summed E-state index contributed by atoms with van der Waals surface area (Å²) < 4.78 is 27.2. The highest BCUT2D eigenvalue weighted by Crippen LogP contribution is 2.23. The molecule has 1 aromatic rings. The molecule has 1 aromatic carbocycles. The normalized spacial score (nSPS) is 9.84. The first-order valence-corrected chi connectivity index (χ1v) is 5.57. The highest BCUT2D eigenvalue weighted by Gasteiger charge is 2.22. The molecule has 0 bridgehead atoms. The van der Waals surface area contributed by atoms with Gasteiger partial charge in [-0.05, 0) is 12.1 Å². The van der Waals surface area contributed by atoms with Crippen LogP contribution in [0.5, 0.6) is 0 Å². The zero-order chi connectivity index (χ0) is 14.4. The summed E-state index contributed by atoms with van der Waals surface area (Å²) in [5.41, 5.74) is -0.524. The summed E-state index contributed by atoms with van der Waals surface area (Å²) >= 11 is 0. The summed E-state index contributed by atoms with van der Waals surface area (Å²) in [6.45, 7) is 4.30. The predicted octanol–water partition coefficient (Wildman–Crippen LogP) is 1.62. The summed E-state index contributed by atoms with van der Waals surface area (Å²) in [6, 6.07) is 3.23. The molecule has 0 aliphatic heterocycles. The van der Waals surface area contributed by atoms with Gasteiger partial charge >= 0.3 is 0 Å². The first-order valence-electron chi connectivity index (χ1n) is 5.57. The zero-order valence-electron chi connectivity index (χ0n) is 10.5. The van der Waals surface area contributed by atoms with Crippen molar-refractivity contribution in [3.8, 4) is 0 Å².